The Labute approximate surface area is 209 Å². The Kier molecular flexibility index (Phi) is 8.72. The summed E-state index contributed by atoms with van der Waals surface area (Å²) in [5.74, 6) is 0.923. The molecule has 1 heterocycles. The van der Waals surface area contributed by atoms with Crippen LogP contribution in [0.2, 0.25) is 10.0 Å². The second kappa shape index (κ2) is 11.5. The molecule has 0 fully saturated rings. The zero-order valence-electron chi connectivity index (χ0n) is 19.3. The fourth-order valence-corrected chi connectivity index (χ4v) is 3.78. The second-order valence-electron chi connectivity index (χ2n) is 8.07. The smallest absolute Gasteiger partial charge is 0.318 e. The Morgan fingerprint density at radius 2 is 1.91 bits per heavy atom. The molecule has 34 heavy (non-hydrogen) atoms. The fraction of sp³-hybridized carbons (Fsp3) is 0.320. The van der Waals surface area contributed by atoms with E-state index < -0.39 is 5.60 Å². The van der Waals surface area contributed by atoms with Crippen LogP contribution < -0.4 is 14.8 Å². The SMILES string of the molecule is COc1nc(NCCc2ccc(Cl)cc2Cl)cc(-c2cccc(OC(C)(C)C(=O)CCO)c2)n1. The highest BCUT2D eigenvalue weighted by molar-refractivity contribution is 6.35. The third-order valence-electron chi connectivity index (χ3n) is 5.12. The molecule has 2 aromatic carbocycles. The van der Waals surface area contributed by atoms with Gasteiger partial charge in [0.2, 0.25) is 0 Å². The van der Waals surface area contributed by atoms with E-state index in [4.69, 9.17) is 37.8 Å². The average molecular weight is 504 g/mol. The Morgan fingerprint density at radius 1 is 1.12 bits per heavy atom. The van der Waals surface area contributed by atoms with E-state index in [1.807, 2.05) is 30.3 Å². The maximum Gasteiger partial charge on any atom is 0.318 e. The lowest BCUT2D eigenvalue weighted by Gasteiger charge is -2.25. The highest BCUT2D eigenvalue weighted by Gasteiger charge is 2.29. The number of hydrogen-bond acceptors (Lipinski definition) is 7. The monoisotopic (exact) mass is 503 g/mol. The number of carbonyl (C=O) groups excluding carboxylic acids is 1. The Morgan fingerprint density at radius 3 is 2.62 bits per heavy atom. The molecule has 0 aliphatic carbocycles. The summed E-state index contributed by atoms with van der Waals surface area (Å²) in [7, 11) is 1.51. The molecule has 3 rings (SSSR count). The van der Waals surface area contributed by atoms with E-state index in [-0.39, 0.29) is 24.8 Å². The van der Waals surface area contributed by atoms with E-state index in [1.165, 1.54) is 7.11 Å². The maximum absolute atomic E-state index is 12.2. The van der Waals surface area contributed by atoms with Crippen molar-refractivity contribution in [1.29, 1.82) is 0 Å². The van der Waals surface area contributed by atoms with Gasteiger partial charge in [-0.05, 0) is 50.1 Å². The minimum absolute atomic E-state index is 0.0338. The largest absolute Gasteiger partial charge is 0.480 e. The van der Waals surface area contributed by atoms with Gasteiger partial charge in [0.15, 0.2) is 11.4 Å². The van der Waals surface area contributed by atoms with E-state index in [9.17, 15) is 4.79 Å². The Bertz CT molecular complexity index is 1150. The molecule has 0 bridgehead atoms. The van der Waals surface area contributed by atoms with Crippen LogP contribution in [0, 0.1) is 0 Å². The van der Waals surface area contributed by atoms with Gasteiger partial charge < -0.3 is 19.9 Å². The number of nitrogens with zero attached hydrogens (tertiary/aromatic N) is 2. The summed E-state index contributed by atoms with van der Waals surface area (Å²) in [6.07, 6.45) is 0.712. The number of aliphatic hydroxyl groups is 1. The first kappa shape index (κ1) is 25.7. The fourth-order valence-electron chi connectivity index (χ4n) is 3.28. The molecule has 0 saturated carbocycles. The van der Waals surface area contributed by atoms with Crippen molar-refractivity contribution in [2.24, 2.45) is 0 Å². The van der Waals surface area contributed by atoms with Crippen LogP contribution in [-0.2, 0) is 11.2 Å². The van der Waals surface area contributed by atoms with Crippen molar-refractivity contribution in [3.8, 4) is 23.0 Å². The van der Waals surface area contributed by atoms with Gasteiger partial charge in [0.25, 0.3) is 0 Å². The number of hydrogen-bond donors (Lipinski definition) is 2. The van der Waals surface area contributed by atoms with Gasteiger partial charge in [-0.3, -0.25) is 4.79 Å². The summed E-state index contributed by atoms with van der Waals surface area (Å²) in [6, 6.07) is 14.7. The van der Waals surface area contributed by atoms with Crippen molar-refractivity contribution in [2.75, 3.05) is 25.6 Å². The zero-order valence-corrected chi connectivity index (χ0v) is 20.8. The van der Waals surface area contributed by atoms with E-state index in [0.29, 0.717) is 40.3 Å². The number of anilines is 1. The number of nitrogens with one attached hydrogen (secondary N) is 1. The van der Waals surface area contributed by atoms with Crippen LogP contribution in [0.4, 0.5) is 5.82 Å². The number of benzene rings is 2. The number of aromatic nitrogens is 2. The molecule has 3 aromatic rings. The predicted octanol–water partition coefficient (Wildman–Crippen LogP) is 5.22. The van der Waals surface area contributed by atoms with Crippen LogP contribution in [0.15, 0.2) is 48.5 Å². The summed E-state index contributed by atoms with van der Waals surface area (Å²) in [5, 5.41) is 13.6. The third-order valence-corrected chi connectivity index (χ3v) is 5.70. The molecule has 0 atom stereocenters. The third kappa shape index (κ3) is 6.82. The highest BCUT2D eigenvalue weighted by atomic mass is 35.5. The van der Waals surface area contributed by atoms with Crippen molar-refractivity contribution >= 4 is 34.8 Å². The minimum Gasteiger partial charge on any atom is -0.480 e. The van der Waals surface area contributed by atoms with Crippen LogP contribution in [0.5, 0.6) is 11.8 Å². The van der Waals surface area contributed by atoms with Gasteiger partial charge in [0.05, 0.1) is 19.4 Å². The van der Waals surface area contributed by atoms with Gasteiger partial charge in [-0.2, -0.15) is 9.97 Å². The van der Waals surface area contributed by atoms with Gasteiger partial charge in [-0.25, -0.2) is 0 Å². The molecule has 0 spiro atoms. The molecule has 0 aliphatic heterocycles. The van der Waals surface area contributed by atoms with Gasteiger partial charge >= 0.3 is 6.01 Å². The number of ether oxygens (including phenoxy) is 2. The van der Waals surface area contributed by atoms with Crippen LogP contribution >= 0.6 is 23.2 Å². The summed E-state index contributed by atoms with van der Waals surface area (Å²) >= 11 is 12.2. The number of aliphatic hydroxyl groups excluding tert-OH is 1. The zero-order chi connectivity index (χ0) is 24.7. The van der Waals surface area contributed by atoms with E-state index in [0.717, 1.165) is 11.1 Å². The van der Waals surface area contributed by atoms with Crippen LogP contribution in [0.3, 0.4) is 0 Å². The van der Waals surface area contributed by atoms with Crippen molar-refractivity contribution in [3.63, 3.8) is 0 Å². The summed E-state index contributed by atoms with van der Waals surface area (Å²) in [4.78, 5) is 21.1. The lowest BCUT2D eigenvalue weighted by molar-refractivity contribution is -0.132. The van der Waals surface area contributed by atoms with E-state index >= 15 is 0 Å². The number of rotatable bonds is 11. The summed E-state index contributed by atoms with van der Waals surface area (Å²) in [6.45, 7) is 3.73. The average Bonchev–Trinajstić information content (AvgIpc) is 2.80. The van der Waals surface area contributed by atoms with Crippen molar-refractivity contribution in [1.82, 2.24) is 9.97 Å². The number of halogens is 2. The van der Waals surface area contributed by atoms with Crippen LogP contribution in [0.1, 0.15) is 25.8 Å². The van der Waals surface area contributed by atoms with E-state index in [1.54, 1.807) is 32.0 Å². The van der Waals surface area contributed by atoms with Crippen LogP contribution in [0.25, 0.3) is 11.3 Å². The molecule has 0 amide bonds. The lowest BCUT2D eigenvalue weighted by atomic mass is 10.0. The Hall–Kier alpha value is -2.87. The molecular formula is C25H27Cl2N3O4. The van der Waals surface area contributed by atoms with Crippen molar-refractivity contribution < 1.29 is 19.4 Å². The van der Waals surface area contributed by atoms with Gasteiger partial charge in [-0.15, -0.1) is 0 Å². The molecule has 0 aliphatic rings. The number of carbonyl (C=O) groups is 1. The number of methoxy groups -OCH3 is 1. The number of Topliss-reactive ketones (excluding diaryl/α,β-unsaturated/α-hetero) is 1. The van der Waals surface area contributed by atoms with Gasteiger partial charge in [0, 0.05) is 34.6 Å². The summed E-state index contributed by atoms with van der Waals surface area (Å²) < 4.78 is 11.2. The molecule has 9 heteroatoms. The Balaban J connectivity index is 1.77. The van der Waals surface area contributed by atoms with Crippen molar-refractivity contribution in [2.45, 2.75) is 32.3 Å². The molecule has 1 aromatic heterocycles. The maximum atomic E-state index is 12.2. The molecule has 180 valence electrons. The lowest BCUT2D eigenvalue weighted by Crippen LogP contribution is -2.38. The van der Waals surface area contributed by atoms with E-state index in [2.05, 4.69) is 15.3 Å². The molecule has 7 nitrogen and oxygen atoms in total. The highest BCUT2D eigenvalue weighted by Crippen LogP contribution is 2.28. The molecular weight excluding hydrogens is 477 g/mol. The minimum atomic E-state index is -1.07. The quantitative estimate of drug-likeness (QED) is 0.370. The predicted molar refractivity (Wildman–Crippen MR) is 134 cm³/mol. The first-order valence-electron chi connectivity index (χ1n) is 10.8. The summed E-state index contributed by atoms with van der Waals surface area (Å²) in [5.41, 5.74) is 1.31. The molecule has 0 unspecified atom stereocenters. The van der Waals surface area contributed by atoms with Crippen LogP contribution in [-0.4, -0.2) is 46.7 Å². The van der Waals surface area contributed by atoms with Gasteiger partial charge in [0.1, 0.15) is 11.6 Å². The standard InChI is InChI=1S/C25H27Cl2N3O4/c1-25(2,22(32)10-12-31)34-19-6-4-5-17(13-19)21-15-23(30-24(29-21)33-3)28-11-9-16-7-8-18(26)14-20(16)27/h4-8,13-15,31H,9-12H2,1-3H3,(H,28,29,30). The number of ketones is 1. The van der Waals surface area contributed by atoms with Crippen molar-refractivity contribution in [3.05, 3.63) is 64.1 Å². The molecule has 0 saturated heterocycles. The first-order valence-corrected chi connectivity index (χ1v) is 11.5. The van der Waals surface area contributed by atoms with Gasteiger partial charge in [-0.1, -0.05) is 41.4 Å². The normalized spacial score (nSPS) is 11.2. The first-order chi connectivity index (χ1) is 16.2. The second-order valence-corrected chi connectivity index (χ2v) is 8.92. The molecule has 0 radical (unpaired) electrons. The molecule has 2 N–H and O–H groups in total. The topological polar surface area (TPSA) is 93.6 Å².